The van der Waals surface area contributed by atoms with Crippen LogP contribution in [0, 0.1) is 11.5 Å². The van der Waals surface area contributed by atoms with E-state index in [2.05, 4.69) is 10.6 Å². The van der Waals surface area contributed by atoms with Crippen LogP contribution in [0.4, 0.5) is 0 Å². The summed E-state index contributed by atoms with van der Waals surface area (Å²) in [7, 11) is 0. The number of nitrogens with zero attached hydrogens (tertiary/aromatic N) is 1. The molecule has 5 atom stereocenters. The van der Waals surface area contributed by atoms with Gasteiger partial charge in [0.25, 0.3) is 0 Å². The second-order valence-corrected chi connectivity index (χ2v) is 6.00. The van der Waals surface area contributed by atoms with Crippen LogP contribution in [-0.2, 0) is 28.6 Å². The van der Waals surface area contributed by atoms with E-state index in [1.54, 1.807) is 19.9 Å². The van der Waals surface area contributed by atoms with Gasteiger partial charge in [0, 0.05) is 20.8 Å². The zero-order chi connectivity index (χ0) is 19.9. The second kappa shape index (κ2) is 9.65. The van der Waals surface area contributed by atoms with Gasteiger partial charge < -0.3 is 24.8 Å². The van der Waals surface area contributed by atoms with Gasteiger partial charge >= 0.3 is 11.9 Å². The third-order valence-electron chi connectivity index (χ3n) is 3.79. The number of carbonyl (C=O) groups excluding carboxylic acids is 3. The van der Waals surface area contributed by atoms with Crippen LogP contribution >= 0.6 is 0 Å². The average Bonchev–Trinajstić information content (AvgIpc) is 2.52. The van der Waals surface area contributed by atoms with Gasteiger partial charge in [-0.3, -0.25) is 14.4 Å². The smallest absolute Gasteiger partial charge is 0.303 e. The summed E-state index contributed by atoms with van der Waals surface area (Å²) < 4.78 is 16.5. The van der Waals surface area contributed by atoms with Gasteiger partial charge in [-0.2, -0.15) is 5.26 Å². The lowest BCUT2D eigenvalue weighted by Gasteiger charge is -2.41. The Balaban J connectivity index is 3.30. The normalized spacial score (nSPS) is 24.0. The number of nitriles is 1. The molecule has 26 heavy (non-hydrogen) atoms. The first kappa shape index (κ1) is 21.3. The highest BCUT2D eigenvalue weighted by Crippen LogP contribution is 2.26. The first-order chi connectivity index (χ1) is 12.2. The van der Waals surface area contributed by atoms with Crippen LogP contribution in [0.2, 0.25) is 0 Å². The lowest BCUT2D eigenvalue weighted by molar-refractivity contribution is -0.179. The molecule has 0 fully saturated rings. The zero-order valence-corrected chi connectivity index (χ0v) is 15.6. The van der Waals surface area contributed by atoms with Crippen molar-refractivity contribution < 1.29 is 28.6 Å². The highest BCUT2D eigenvalue weighted by atomic mass is 16.6. The van der Waals surface area contributed by atoms with E-state index in [0.717, 1.165) is 0 Å². The van der Waals surface area contributed by atoms with Crippen LogP contribution in [0.1, 0.15) is 41.0 Å². The molecule has 9 heteroatoms. The quantitative estimate of drug-likeness (QED) is 0.378. The third-order valence-corrected chi connectivity index (χ3v) is 3.79. The molecule has 9 nitrogen and oxygen atoms in total. The number of carbonyl (C=O) groups is 3. The highest BCUT2D eigenvalue weighted by Gasteiger charge is 2.45. The molecule has 0 aliphatic carbocycles. The van der Waals surface area contributed by atoms with E-state index in [0.29, 0.717) is 12.2 Å². The van der Waals surface area contributed by atoms with E-state index in [1.807, 2.05) is 6.19 Å². The first-order valence-corrected chi connectivity index (χ1v) is 8.30. The molecule has 2 N–H and O–H groups in total. The first-order valence-electron chi connectivity index (χ1n) is 8.30. The van der Waals surface area contributed by atoms with E-state index < -0.39 is 42.3 Å². The standard InChI is InChI=1S/C17H25N3O6/c1-6-14(25-11(4)22)16(26-12(5)23)17-15(20-10(3)21)13(19-8-18)7-9(2)24-17/h7,13-17,19H,6H2,1-5H3,(H,20,21)/t13-,14+,15+,16+,17+/m0/s1. The summed E-state index contributed by atoms with van der Waals surface area (Å²) in [6.07, 6.45) is 1.26. The molecule has 0 saturated heterocycles. The summed E-state index contributed by atoms with van der Waals surface area (Å²) in [6.45, 7) is 7.27. The average molecular weight is 367 g/mol. The van der Waals surface area contributed by atoms with E-state index in [1.165, 1.54) is 20.8 Å². The van der Waals surface area contributed by atoms with Crippen molar-refractivity contribution in [1.29, 1.82) is 5.26 Å². The number of hydrogen-bond donors (Lipinski definition) is 2. The summed E-state index contributed by atoms with van der Waals surface area (Å²) in [4.78, 5) is 34.7. The van der Waals surface area contributed by atoms with Crippen molar-refractivity contribution >= 4 is 17.8 Å². The SMILES string of the molecule is CC[C@@H](OC(C)=O)[C@@H](OC(C)=O)[C@@H]1OC(C)=C[C@H](NC#N)[C@H]1NC(C)=O. The maximum atomic E-state index is 11.7. The molecule has 1 heterocycles. The minimum absolute atomic E-state index is 0.344. The zero-order valence-electron chi connectivity index (χ0n) is 15.6. The van der Waals surface area contributed by atoms with Gasteiger partial charge in [-0.25, -0.2) is 0 Å². The molecule has 144 valence electrons. The number of allylic oxidation sites excluding steroid dienone is 1. The largest absolute Gasteiger partial charge is 0.489 e. The Morgan fingerprint density at radius 1 is 1.27 bits per heavy atom. The van der Waals surface area contributed by atoms with E-state index >= 15 is 0 Å². The molecule has 1 rings (SSSR count). The van der Waals surface area contributed by atoms with E-state index in [-0.39, 0.29) is 5.91 Å². The molecule has 0 saturated carbocycles. The van der Waals surface area contributed by atoms with Crippen molar-refractivity contribution in [2.75, 3.05) is 0 Å². The van der Waals surface area contributed by atoms with Crippen molar-refractivity contribution in [3.05, 3.63) is 11.8 Å². The Hall–Kier alpha value is -2.76. The molecular weight excluding hydrogens is 342 g/mol. The predicted octanol–water partition coefficient (Wildman–Crippen LogP) is 0.506. The van der Waals surface area contributed by atoms with Crippen LogP contribution in [0.5, 0.6) is 0 Å². The molecule has 1 aliphatic heterocycles. The van der Waals surface area contributed by atoms with Gasteiger partial charge in [-0.05, 0) is 19.4 Å². The summed E-state index contributed by atoms with van der Waals surface area (Å²) in [5, 5.41) is 14.3. The van der Waals surface area contributed by atoms with Crippen LogP contribution in [-0.4, -0.2) is 48.2 Å². The monoisotopic (exact) mass is 367 g/mol. The molecule has 0 aromatic rings. The number of amides is 1. The maximum Gasteiger partial charge on any atom is 0.303 e. The number of hydrogen-bond acceptors (Lipinski definition) is 8. The van der Waals surface area contributed by atoms with Crippen LogP contribution in [0.25, 0.3) is 0 Å². The Bertz CT molecular complexity index is 612. The third kappa shape index (κ3) is 5.95. The number of esters is 2. The summed E-state index contributed by atoms with van der Waals surface area (Å²) >= 11 is 0. The fourth-order valence-electron chi connectivity index (χ4n) is 2.91. The lowest BCUT2D eigenvalue weighted by Crippen LogP contribution is -2.62. The van der Waals surface area contributed by atoms with Crippen molar-refractivity contribution in [1.82, 2.24) is 10.6 Å². The van der Waals surface area contributed by atoms with E-state index in [9.17, 15) is 14.4 Å². The molecule has 0 unspecified atom stereocenters. The Morgan fingerprint density at radius 3 is 2.35 bits per heavy atom. The Morgan fingerprint density at radius 2 is 1.88 bits per heavy atom. The summed E-state index contributed by atoms with van der Waals surface area (Å²) in [5.41, 5.74) is 0. The number of ether oxygens (including phenoxy) is 3. The highest BCUT2D eigenvalue weighted by molar-refractivity contribution is 5.73. The molecule has 0 spiro atoms. The van der Waals surface area contributed by atoms with Gasteiger partial charge in [-0.15, -0.1) is 0 Å². The second-order valence-electron chi connectivity index (χ2n) is 6.00. The summed E-state index contributed by atoms with van der Waals surface area (Å²) in [5.74, 6) is -0.967. The fourth-order valence-corrected chi connectivity index (χ4v) is 2.91. The van der Waals surface area contributed by atoms with Gasteiger partial charge in [0.2, 0.25) is 5.91 Å². The Kier molecular flexibility index (Phi) is 7.90. The lowest BCUT2D eigenvalue weighted by atomic mass is 9.91. The van der Waals surface area contributed by atoms with E-state index in [4.69, 9.17) is 19.5 Å². The minimum Gasteiger partial charge on any atom is -0.489 e. The van der Waals surface area contributed by atoms with Gasteiger partial charge in [0.15, 0.2) is 18.4 Å². The van der Waals surface area contributed by atoms with Crippen LogP contribution < -0.4 is 10.6 Å². The van der Waals surface area contributed by atoms with Gasteiger partial charge in [-0.1, -0.05) is 6.92 Å². The topological polar surface area (TPSA) is 127 Å². The Labute approximate surface area is 152 Å². The van der Waals surface area contributed by atoms with Crippen molar-refractivity contribution in [3.8, 4) is 6.19 Å². The summed E-state index contributed by atoms with van der Waals surface area (Å²) in [6, 6.07) is -1.29. The van der Waals surface area contributed by atoms with Gasteiger partial charge in [0.1, 0.15) is 6.10 Å². The van der Waals surface area contributed by atoms with Crippen molar-refractivity contribution in [2.45, 2.75) is 71.4 Å². The molecule has 1 aliphatic rings. The fraction of sp³-hybridized carbons (Fsp3) is 0.647. The predicted molar refractivity (Wildman–Crippen MR) is 90.2 cm³/mol. The van der Waals surface area contributed by atoms with Crippen molar-refractivity contribution in [2.24, 2.45) is 0 Å². The number of nitrogens with one attached hydrogen (secondary N) is 2. The minimum atomic E-state index is -0.968. The van der Waals surface area contributed by atoms with Crippen LogP contribution in [0.15, 0.2) is 11.8 Å². The van der Waals surface area contributed by atoms with Gasteiger partial charge in [0.05, 0.1) is 17.8 Å². The molecular formula is C17H25N3O6. The molecule has 0 radical (unpaired) electrons. The maximum absolute atomic E-state index is 11.7. The van der Waals surface area contributed by atoms with Crippen molar-refractivity contribution in [3.63, 3.8) is 0 Å². The number of rotatable bonds is 7. The molecule has 0 bridgehead atoms. The molecule has 0 aromatic carbocycles. The molecule has 1 amide bonds. The van der Waals surface area contributed by atoms with Crippen LogP contribution in [0.3, 0.4) is 0 Å². The molecule has 0 aromatic heterocycles.